The molecule has 18 heavy (non-hydrogen) atoms. The molecular weight excluding hydrogens is 238 g/mol. The highest BCUT2D eigenvalue weighted by Crippen LogP contribution is 2.25. The summed E-state index contributed by atoms with van der Waals surface area (Å²) < 4.78 is 5.90. The fraction of sp³-hybridized carbons (Fsp3) is 0.267. The molecule has 0 bridgehead atoms. The molecule has 0 heterocycles. The van der Waals surface area contributed by atoms with Gasteiger partial charge < -0.3 is 4.43 Å². The summed E-state index contributed by atoms with van der Waals surface area (Å²) in [4.78, 5) is 0. The molecule has 3 heteroatoms. The quantitative estimate of drug-likeness (QED) is 0.768. The summed E-state index contributed by atoms with van der Waals surface area (Å²) in [5.74, 6) is 0. The largest absolute Gasteiger partial charge is 0.399 e. The third-order valence-corrected chi connectivity index (χ3v) is 3.61. The SMILES string of the molecule is C[Si](C)(C)O[C@@H](C#N)c1ccc2ccccc2c1. The van der Waals surface area contributed by atoms with Crippen LogP contribution in [0.2, 0.25) is 19.6 Å². The van der Waals surface area contributed by atoms with E-state index in [4.69, 9.17) is 4.43 Å². The Morgan fingerprint density at radius 1 is 1.06 bits per heavy atom. The maximum atomic E-state index is 9.26. The van der Waals surface area contributed by atoms with Crippen LogP contribution in [-0.4, -0.2) is 8.32 Å². The second-order valence-electron chi connectivity index (χ2n) is 5.35. The standard InChI is InChI=1S/C15H17NOSi/c1-18(2,3)17-15(11-16)14-9-8-12-6-4-5-7-13(12)10-14/h4-10,15H,1-3H3/t15-/m0/s1. The molecule has 0 aromatic heterocycles. The fourth-order valence-electron chi connectivity index (χ4n) is 1.89. The average molecular weight is 255 g/mol. The molecule has 2 nitrogen and oxygen atoms in total. The molecule has 2 aromatic rings. The van der Waals surface area contributed by atoms with Gasteiger partial charge in [-0.1, -0.05) is 36.4 Å². The fourth-order valence-corrected chi connectivity index (χ4v) is 2.79. The minimum absolute atomic E-state index is 0.457. The summed E-state index contributed by atoms with van der Waals surface area (Å²) in [6.45, 7) is 6.29. The minimum atomic E-state index is -1.71. The van der Waals surface area contributed by atoms with E-state index in [0.29, 0.717) is 0 Å². The van der Waals surface area contributed by atoms with Gasteiger partial charge in [-0.15, -0.1) is 0 Å². The summed E-state index contributed by atoms with van der Waals surface area (Å²) in [7, 11) is -1.71. The molecule has 0 fully saturated rings. The topological polar surface area (TPSA) is 33.0 Å². The number of rotatable bonds is 3. The predicted octanol–water partition coefficient (Wildman–Crippen LogP) is 4.26. The van der Waals surface area contributed by atoms with Crippen molar-refractivity contribution in [3.63, 3.8) is 0 Å². The van der Waals surface area contributed by atoms with Crippen molar-refractivity contribution >= 4 is 19.1 Å². The third kappa shape index (κ3) is 2.98. The second-order valence-corrected chi connectivity index (χ2v) is 9.81. The molecule has 0 N–H and O–H groups in total. The van der Waals surface area contributed by atoms with E-state index in [1.165, 1.54) is 5.39 Å². The van der Waals surface area contributed by atoms with Gasteiger partial charge in [-0.2, -0.15) is 5.26 Å². The van der Waals surface area contributed by atoms with E-state index in [9.17, 15) is 5.26 Å². The van der Waals surface area contributed by atoms with Crippen LogP contribution in [0.5, 0.6) is 0 Å². The number of hydrogen-bond acceptors (Lipinski definition) is 2. The maximum absolute atomic E-state index is 9.26. The van der Waals surface area contributed by atoms with Crippen LogP contribution in [0.25, 0.3) is 10.8 Å². The highest BCUT2D eigenvalue weighted by atomic mass is 28.4. The summed E-state index contributed by atoms with van der Waals surface area (Å²) in [5.41, 5.74) is 0.943. The summed E-state index contributed by atoms with van der Waals surface area (Å²) in [6.07, 6.45) is -0.457. The van der Waals surface area contributed by atoms with Crippen LogP contribution >= 0.6 is 0 Å². The first kappa shape index (κ1) is 12.8. The maximum Gasteiger partial charge on any atom is 0.186 e. The first-order valence-corrected chi connectivity index (χ1v) is 9.46. The zero-order valence-corrected chi connectivity index (χ0v) is 12.0. The van der Waals surface area contributed by atoms with Crippen LogP contribution in [0.4, 0.5) is 0 Å². The summed E-state index contributed by atoms with van der Waals surface area (Å²) in [5, 5.41) is 11.6. The van der Waals surface area contributed by atoms with Gasteiger partial charge >= 0.3 is 0 Å². The van der Waals surface area contributed by atoms with E-state index in [0.717, 1.165) is 10.9 Å². The molecule has 0 saturated heterocycles. The Bertz CT molecular complexity index is 595. The van der Waals surface area contributed by atoms with Crippen LogP contribution in [0.15, 0.2) is 42.5 Å². The molecule has 0 spiro atoms. The van der Waals surface area contributed by atoms with Crippen molar-refractivity contribution in [2.75, 3.05) is 0 Å². The number of fused-ring (bicyclic) bond motifs is 1. The molecule has 0 aliphatic rings. The van der Waals surface area contributed by atoms with Crippen molar-refractivity contribution in [2.45, 2.75) is 25.7 Å². The van der Waals surface area contributed by atoms with E-state index in [1.807, 2.05) is 30.3 Å². The van der Waals surface area contributed by atoms with Gasteiger partial charge in [0, 0.05) is 0 Å². The third-order valence-electron chi connectivity index (χ3n) is 2.66. The molecule has 0 radical (unpaired) electrons. The minimum Gasteiger partial charge on any atom is -0.399 e. The van der Waals surface area contributed by atoms with Crippen molar-refractivity contribution in [1.29, 1.82) is 5.26 Å². The zero-order chi connectivity index (χ0) is 13.2. The Hall–Kier alpha value is -1.63. The average Bonchev–Trinajstić information content (AvgIpc) is 2.34. The van der Waals surface area contributed by atoms with Gasteiger partial charge in [-0.3, -0.25) is 0 Å². The highest BCUT2D eigenvalue weighted by molar-refractivity contribution is 6.69. The normalized spacial score (nSPS) is 13.2. The van der Waals surface area contributed by atoms with Crippen LogP contribution in [-0.2, 0) is 4.43 Å². The Balaban J connectivity index is 2.37. The number of benzene rings is 2. The summed E-state index contributed by atoms with van der Waals surface area (Å²) in [6, 6.07) is 16.5. The Kier molecular flexibility index (Phi) is 3.51. The van der Waals surface area contributed by atoms with Gasteiger partial charge in [0.2, 0.25) is 0 Å². The van der Waals surface area contributed by atoms with Gasteiger partial charge in [0.25, 0.3) is 0 Å². The van der Waals surface area contributed by atoms with Gasteiger partial charge in [0.05, 0.1) is 6.07 Å². The first-order chi connectivity index (χ1) is 8.49. The second kappa shape index (κ2) is 4.93. The molecule has 0 aliphatic heterocycles. The van der Waals surface area contributed by atoms with Crippen molar-refractivity contribution in [2.24, 2.45) is 0 Å². The van der Waals surface area contributed by atoms with E-state index >= 15 is 0 Å². The zero-order valence-electron chi connectivity index (χ0n) is 11.0. The Labute approximate surface area is 109 Å². The first-order valence-electron chi connectivity index (χ1n) is 6.06. The van der Waals surface area contributed by atoms with Crippen molar-refractivity contribution in [1.82, 2.24) is 0 Å². The van der Waals surface area contributed by atoms with Crippen molar-refractivity contribution in [3.8, 4) is 6.07 Å². The molecule has 2 rings (SSSR count). The van der Waals surface area contributed by atoms with Crippen LogP contribution in [0.1, 0.15) is 11.7 Å². The molecule has 0 amide bonds. The van der Waals surface area contributed by atoms with Gasteiger partial charge in [-0.05, 0) is 42.0 Å². The Morgan fingerprint density at radius 2 is 1.72 bits per heavy atom. The van der Waals surface area contributed by atoms with E-state index < -0.39 is 14.4 Å². The van der Waals surface area contributed by atoms with Crippen LogP contribution < -0.4 is 0 Å². The lowest BCUT2D eigenvalue weighted by molar-refractivity contribution is 0.255. The number of nitrogens with zero attached hydrogens (tertiary/aromatic N) is 1. The van der Waals surface area contributed by atoms with Gasteiger partial charge in [0.15, 0.2) is 14.4 Å². The van der Waals surface area contributed by atoms with Crippen molar-refractivity contribution < 1.29 is 4.43 Å². The molecule has 0 unspecified atom stereocenters. The molecule has 0 aliphatic carbocycles. The van der Waals surface area contributed by atoms with Crippen molar-refractivity contribution in [3.05, 3.63) is 48.0 Å². The smallest absolute Gasteiger partial charge is 0.186 e. The van der Waals surface area contributed by atoms with Gasteiger partial charge in [0.1, 0.15) is 0 Å². The molecule has 2 aromatic carbocycles. The van der Waals surface area contributed by atoms with E-state index in [1.54, 1.807) is 0 Å². The molecular formula is C15H17NOSi. The lowest BCUT2D eigenvalue weighted by Gasteiger charge is -2.22. The predicted molar refractivity (Wildman–Crippen MR) is 76.7 cm³/mol. The summed E-state index contributed by atoms with van der Waals surface area (Å²) >= 11 is 0. The van der Waals surface area contributed by atoms with Crippen LogP contribution in [0, 0.1) is 11.3 Å². The number of nitriles is 1. The van der Waals surface area contributed by atoms with E-state index in [-0.39, 0.29) is 0 Å². The van der Waals surface area contributed by atoms with E-state index in [2.05, 4.69) is 37.8 Å². The lowest BCUT2D eigenvalue weighted by Crippen LogP contribution is -2.27. The van der Waals surface area contributed by atoms with Crippen LogP contribution in [0.3, 0.4) is 0 Å². The molecule has 1 atom stereocenters. The number of hydrogen-bond donors (Lipinski definition) is 0. The van der Waals surface area contributed by atoms with Gasteiger partial charge in [-0.25, -0.2) is 0 Å². The lowest BCUT2D eigenvalue weighted by atomic mass is 10.0. The Morgan fingerprint density at radius 3 is 2.33 bits per heavy atom. The molecule has 0 saturated carbocycles. The highest BCUT2D eigenvalue weighted by Gasteiger charge is 2.22. The monoisotopic (exact) mass is 255 g/mol. The molecule has 92 valence electrons.